The van der Waals surface area contributed by atoms with E-state index in [4.69, 9.17) is 0 Å². The monoisotopic (exact) mass is 409 g/mol. The van der Waals surface area contributed by atoms with E-state index in [1.54, 1.807) is 18.2 Å². The van der Waals surface area contributed by atoms with Crippen molar-refractivity contribution in [3.05, 3.63) is 71.8 Å². The molecule has 2 heterocycles. The van der Waals surface area contributed by atoms with Gasteiger partial charge in [0.25, 0.3) is 5.91 Å². The van der Waals surface area contributed by atoms with Crippen molar-refractivity contribution in [3.63, 3.8) is 0 Å². The number of anilines is 2. The smallest absolute Gasteiger partial charge is 0.255 e. The molecule has 0 radical (unpaired) electrons. The van der Waals surface area contributed by atoms with Crippen molar-refractivity contribution in [2.45, 2.75) is 0 Å². The highest BCUT2D eigenvalue weighted by molar-refractivity contribution is 6.04. The molecule has 8 heteroatoms. The van der Waals surface area contributed by atoms with Crippen LogP contribution in [0.4, 0.5) is 20.3 Å². The van der Waals surface area contributed by atoms with Crippen molar-refractivity contribution in [3.8, 4) is 11.3 Å². The Morgan fingerprint density at radius 3 is 2.43 bits per heavy atom. The van der Waals surface area contributed by atoms with Crippen LogP contribution in [0.2, 0.25) is 0 Å². The van der Waals surface area contributed by atoms with E-state index in [1.165, 1.54) is 6.07 Å². The minimum atomic E-state index is -1.06. The summed E-state index contributed by atoms with van der Waals surface area (Å²) in [4.78, 5) is 16.8. The molecule has 1 fully saturated rings. The number of halogens is 2. The van der Waals surface area contributed by atoms with Crippen LogP contribution in [0.25, 0.3) is 11.3 Å². The molecule has 0 atom stereocenters. The lowest BCUT2D eigenvalue weighted by Gasteiger charge is -2.32. The second kappa shape index (κ2) is 8.54. The van der Waals surface area contributed by atoms with Crippen molar-refractivity contribution in [2.75, 3.05) is 43.4 Å². The molecule has 2 aromatic carbocycles. The number of likely N-dealkylation sites (N-methyl/N-ethyl adjacent to an activating group) is 1. The Labute approximate surface area is 173 Å². The number of aromatic nitrogens is 2. The molecule has 1 saturated heterocycles. The molecule has 3 aromatic rings. The zero-order valence-corrected chi connectivity index (χ0v) is 16.5. The molecular formula is C22H21F2N5O. The molecule has 6 nitrogen and oxygen atoms in total. The first kappa shape index (κ1) is 19.9. The maximum absolute atomic E-state index is 13.4. The number of carbonyl (C=O) groups excluding carboxylic acids is 1. The molecular weight excluding hydrogens is 388 g/mol. The van der Waals surface area contributed by atoms with Gasteiger partial charge < -0.3 is 15.1 Å². The molecule has 1 amide bonds. The zero-order valence-electron chi connectivity index (χ0n) is 16.5. The number of hydrogen-bond acceptors (Lipinski definition) is 5. The summed E-state index contributed by atoms with van der Waals surface area (Å²) in [5.74, 6) is -1.74. The topological polar surface area (TPSA) is 61.4 Å². The number of hydrogen-bond donors (Lipinski definition) is 1. The average Bonchev–Trinajstić information content (AvgIpc) is 2.76. The number of piperazine rings is 1. The molecule has 4 rings (SSSR count). The van der Waals surface area contributed by atoms with Crippen molar-refractivity contribution < 1.29 is 13.6 Å². The minimum absolute atomic E-state index is 0.0376. The molecule has 1 aromatic heterocycles. The fourth-order valence-corrected chi connectivity index (χ4v) is 3.28. The SMILES string of the molecule is CN1CCN(c2ccc(-c3cccc(NC(=O)c4ccc(F)c(F)c4)c3)nn2)CC1. The first-order chi connectivity index (χ1) is 14.5. The third-order valence-electron chi connectivity index (χ3n) is 5.08. The Hall–Kier alpha value is -3.39. The Morgan fingerprint density at radius 1 is 0.933 bits per heavy atom. The molecule has 1 N–H and O–H groups in total. The van der Waals surface area contributed by atoms with E-state index >= 15 is 0 Å². The predicted molar refractivity (Wildman–Crippen MR) is 111 cm³/mol. The summed E-state index contributed by atoms with van der Waals surface area (Å²) in [6.45, 7) is 3.80. The Morgan fingerprint density at radius 2 is 1.73 bits per heavy atom. The first-order valence-corrected chi connectivity index (χ1v) is 9.64. The van der Waals surface area contributed by atoms with Crippen molar-refractivity contribution in [1.29, 1.82) is 0 Å². The van der Waals surface area contributed by atoms with E-state index in [2.05, 4.69) is 32.4 Å². The molecule has 1 aliphatic heterocycles. The third kappa shape index (κ3) is 4.44. The number of nitrogens with one attached hydrogen (secondary N) is 1. The summed E-state index contributed by atoms with van der Waals surface area (Å²) in [6, 6.07) is 14.0. The fraction of sp³-hybridized carbons (Fsp3) is 0.227. The quantitative estimate of drug-likeness (QED) is 0.716. The number of amides is 1. The number of rotatable bonds is 4. The standard InChI is InChI=1S/C22H21F2N5O/c1-28-9-11-29(12-10-28)21-8-7-20(26-27-21)15-3-2-4-17(13-15)25-22(30)16-5-6-18(23)19(24)14-16/h2-8,13-14H,9-12H2,1H3,(H,25,30). The summed E-state index contributed by atoms with van der Waals surface area (Å²) in [5.41, 5.74) is 2.02. The minimum Gasteiger partial charge on any atom is -0.353 e. The van der Waals surface area contributed by atoms with E-state index < -0.39 is 17.5 Å². The highest BCUT2D eigenvalue weighted by Gasteiger charge is 2.16. The van der Waals surface area contributed by atoms with Crippen molar-refractivity contribution in [1.82, 2.24) is 15.1 Å². The lowest BCUT2D eigenvalue weighted by molar-refractivity contribution is 0.102. The Bertz CT molecular complexity index is 1050. The zero-order chi connectivity index (χ0) is 21.1. The van der Waals surface area contributed by atoms with Gasteiger partial charge in [0.2, 0.25) is 0 Å². The normalized spacial score (nSPS) is 14.6. The molecule has 0 bridgehead atoms. The third-order valence-corrected chi connectivity index (χ3v) is 5.08. The maximum Gasteiger partial charge on any atom is 0.255 e. The molecule has 0 unspecified atom stereocenters. The number of benzene rings is 2. The van der Waals surface area contributed by atoms with Crippen LogP contribution in [0.15, 0.2) is 54.6 Å². The van der Waals surface area contributed by atoms with Gasteiger partial charge in [0.15, 0.2) is 17.5 Å². The molecule has 0 spiro atoms. The Balaban J connectivity index is 1.47. The lowest BCUT2D eigenvalue weighted by Crippen LogP contribution is -2.44. The summed E-state index contributed by atoms with van der Waals surface area (Å²) in [7, 11) is 2.10. The van der Waals surface area contributed by atoms with Gasteiger partial charge in [-0.1, -0.05) is 12.1 Å². The van der Waals surface area contributed by atoms with E-state index in [-0.39, 0.29) is 5.56 Å². The van der Waals surface area contributed by atoms with Gasteiger partial charge in [-0.25, -0.2) is 8.78 Å². The summed E-state index contributed by atoms with van der Waals surface area (Å²) in [6.07, 6.45) is 0. The highest BCUT2D eigenvalue weighted by atomic mass is 19.2. The van der Waals surface area contributed by atoms with Crippen LogP contribution in [-0.4, -0.2) is 54.2 Å². The summed E-state index contributed by atoms with van der Waals surface area (Å²) in [5, 5.41) is 11.4. The van der Waals surface area contributed by atoms with Crippen molar-refractivity contribution >= 4 is 17.4 Å². The maximum atomic E-state index is 13.4. The predicted octanol–water partition coefficient (Wildman–Crippen LogP) is 3.43. The number of nitrogens with zero attached hydrogens (tertiary/aromatic N) is 4. The molecule has 30 heavy (non-hydrogen) atoms. The van der Waals surface area contributed by atoms with Crippen molar-refractivity contribution in [2.24, 2.45) is 0 Å². The van der Waals surface area contributed by atoms with Gasteiger partial charge in [-0.15, -0.1) is 10.2 Å². The van der Waals surface area contributed by atoms with Crippen LogP contribution < -0.4 is 10.2 Å². The lowest BCUT2D eigenvalue weighted by atomic mass is 10.1. The molecule has 0 saturated carbocycles. The first-order valence-electron chi connectivity index (χ1n) is 9.64. The fourth-order valence-electron chi connectivity index (χ4n) is 3.28. The van der Waals surface area contributed by atoms with Gasteiger partial charge in [-0.2, -0.15) is 0 Å². The van der Waals surface area contributed by atoms with Gasteiger partial charge in [-0.3, -0.25) is 4.79 Å². The van der Waals surface area contributed by atoms with E-state index in [1.807, 2.05) is 18.2 Å². The van der Waals surface area contributed by atoms with Crippen LogP contribution in [0.1, 0.15) is 10.4 Å². The van der Waals surface area contributed by atoms with E-state index in [0.29, 0.717) is 11.4 Å². The van der Waals surface area contributed by atoms with Gasteiger partial charge in [0.05, 0.1) is 5.69 Å². The average molecular weight is 409 g/mol. The Kier molecular flexibility index (Phi) is 5.67. The van der Waals surface area contributed by atoms with Crippen LogP contribution >= 0.6 is 0 Å². The van der Waals surface area contributed by atoms with E-state index in [9.17, 15) is 13.6 Å². The second-order valence-electron chi connectivity index (χ2n) is 7.23. The molecule has 0 aliphatic carbocycles. The van der Waals surface area contributed by atoms with Crippen LogP contribution in [0, 0.1) is 11.6 Å². The second-order valence-corrected chi connectivity index (χ2v) is 7.23. The number of carbonyl (C=O) groups is 1. The van der Waals surface area contributed by atoms with Gasteiger partial charge in [0.1, 0.15) is 0 Å². The van der Waals surface area contributed by atoms with Crippen LogP contribution in [-0.2, 0) is 0 Å². The summed E-state index contributed by atoms with van der Waals surface area (Å²) < 4.78 is 26.4. The van der Waals surface area contributed by atoms with Gasteiger partial charge >= 0.3 is 0 Å². The highest BCUT2D eigenvalue weighted by Crippen LogP contribution is 2.23. The molecule has 154 valence electrons. The summed E-state index contributed by atoms with van der Waals surface area (Å²) >= 11 is 0. The van der Waals surface area contributed by atoms with Gasteiger partial charge in [0, 0.05) is 43.0 Å². The van der Waals surface area contributed by atoms with Crippen LogP contribution in [0.3, 0.4) is 0 Å². The molecule has 1 aliphatic rings. The largest absolute Gasteiger partial charge is 0.353 e. The van der Waals surface area contributed by atoms with E-state index in [0.717, 1.165) is 49.7 Å². The van der Waals surface area contributed by atoms with Gasteiger partial charge in [-0.05, 0) is 49.5 Å². The van der Waals surface area contributed by atoms with Crippen LogP contribution in [0.5, 0.6) is 0 Å².